The van der Waals surface area contributed by atoms with E-state index >= 15 is 0 Å². The Bertz CT molecular complexity index is 874. The maximum absolute atomic E-state index is 13.5. The zero-order valence-electron chi connectivity index (χ0n) is 12.4. The molecule has 3 nitrogen and oxygen atoms in total. The van der Waals surface area contributed by atoms with Gasteiger partial charge in [0.2, 0.25) is 10.0 Å². The molecule has 0 aliphatic carbocycles. The fourth-order valence-electron chi connectivity index (χ4n) is 2.59. The normalized spacial score (nSPS) is 17.5. The Kier molecular flexibility index (Phi) is 5.42. The van der Waals surface area contributed by atoms with Crippen molar-refractivity contribution >= 4 is 45.0 Å². The first kappa shape index (κ1) is 18.0. The van der Waals surface area contributed by atoms with Crippen molar-refractivity contribution < 1.29 is 12.8 Å². The Labute approximate surface area is 154 Å². The standard InChI is InChI=1S/C16H14Cl2FNO2S2/c17-13-3-1-10(7-14(13)18)9-24(21,22)20-15-5-6-23-16-4-2-11(19)8-12(15)16/h1-4,7-8,15,20H,5-6,9H2. The molecular weight excluding hydrogens is 392 g/mol. The fraction of sp³-hybridized carbons (Fsp3) is 0.250. The van der Waals surface area contributed by atoms with E-state index in [9.17, 15) is 12.8 Å². The van der Waals surface area contributed by atoms with Crippen LogP contribution >= 0.6 is 35.0 Å². The Morgan fingerprint density at radius 3 is 2.71 bits per heavy atom. The van der Waals surface area contributed by atoms with E-state index < -0.39 is 16.1 Å². The number of rotatable bonds is 4. The molecule has 0 radical (unpaired) electrons. The highest BCUT2D eigenvalue weighted by Gasteiger charge is 2.26. The number of benzene rings is 2. The van der Waals surface area contributed by atoms with Crippen molar-refractivity contribution in [3.05, 3.63) is 63.4 Å². The minimum absolute atomic E-state index is 0.210. The first-order valence-corrected chi connectivity index (χ1v) is 10.6. The zero-order valence-corrected chi connectivity index (χ0v) is 15.6. The number of thioether (sulfide) groups is 1. The van der Waals surface area contributed by atoms with Crippen LogP contribution in [0.4, 0.5) is 4.39 Å². The monoisotopic (exact) mass is 405 g/mol. The second kappa shape index (κ2) is 7.22. The van der Waals surface area contributed by atoms with E-state index in [2.05, 4.69) is 4.72 Å². The predicted molar refractivity (Wildman–Crippen MR) is 96.7 cm³/mol. The fourth-order valence-corrected chi connectivity index (χ4v) is 5.40. The molecular formula is C16H14Cl2FNO2S2. The molecule has 1 aliphatic heterocycles. The summed E-state index contributed by atoms with van der Waals surface area (Å²) in [4.78, 5) is 0.907. The summed E-state index contributed by atoms with van der Waals surface area (Å²) in [6, 6.07) is 8.77. The summed E-state index contributed by atoms with van der Waals surface area (Å²) in [5.41, 5.74) is 1.23. The molecule has 0 saturated carbocycles. The van der Waals surface area contributed by atoms with E-state index in [1.54, 1.807) is 30.0 Å². The van der Waals surface area contributed by atoms with Gasteiger partial charge in [0.1, 0.15) is 5.82 Å². The van der Waals surface area contributed by atoms with Gasteiger partial charge in [-0.15, -0.1) is 11.8 Å². The lowest BCUT2D eigenvalue weighted by Gasteiger charge is -2.25. The molecule has 1 N–H and O–H groups in total. The summed E-state index contributed by atoms with van der Waals surface area (Å²) in [6.07, 6.45) is 0.613. The van der Waals surface area contributed by atoms with Crippen LogP contribution in [0.2, 0.25) is 10.0 Å². The van der Waals surface area contributed by atoms with Gasteiger partial charge in [0, 0.05) is 10.9 Å². The maximum Gasteiger partial charge on any atom is 0.216 e. The molecule has 0 fully saturated rings. The van der Waals surface area contributed by atoms with Crippen LogP contribution in [0.25, 0.3) is 0 Å². The van der Waals surface area contributed by atoms with E-state index in [-0.39, 0.29) is 11.6 Å². The number of nitrogens with one attached hydrogen (secondary N) is 1. The number of hydrogen-bond acceptors (Lipinski definition) is 3. The summed E-state index contributed by atoms with van der Waals surface area (Å²) < 4.78 is 41.1. The summed E-state index contributed by atoms with van der Waals surface area (Å²) in [7, 11) is -3.60. The second-order valence-corrected chi connectivity index (χ2v) is 9.20. The third-order valence-electron chi connectivity index (χ3n) is 3.67. The molecule has 3 rings (SSSR count). The van der Waals surface area contributed by atoms with Crippen molar-refractivity contribution in [2.24, 2.45) is 0 Å². The van der Waals surface area contributed by atoms with Gasteiger partial charge in [-0.2, -0.15) is 0 Å². The quantitative estimate of drug-likeness (QED) is 0.794. The number of halogens is 3. The topological polar surface area (TPSA) is 46.2 Å². The Balaban J connectivity index is 1.80. The van der Waals surface area contributed by atoms with Gasteiger partial charge in [0.05, 0.1) is 15.8 Å². The molecule has 2 aromatic carbocycles. The molecule has 2 aromatic rings. The largest absolute Gasteiger partial charge is 0.216 e. The Morgan fingerprint density at radius 1 is 1.17 bits per heavy atom. The minimum atomic E-state index is -3.60. The summed E-state index contributed by atoms with van der Waals surface area (Å²) >= 11 is 13.4. The van der Waals surface area contributed by atoms with Crippen molar-refractivity contribution in [1.29, 1.82) is 0 Å². The van der Waals surface area contributed by atoms with Crippen LogP contribution in [-0.4, -0.2) is 14.2 Å². The molecule has 0 saturated heterocycles. The van der Waals surface area contributed by atoms with Gasteiger partial charge in [0.25, 0.3) is 0 Å². The van der Waals surface area contributed by atoms with E-state index in [0.29, 0.717) is 27.6 Å². The van der Waals surface area contributed by atoms with Gasteiger partial charge in [0.15, 0.2) is 0 Å². The van der Waals surface area contributed by atoms with Gasteiger partial charge in [-0.1, -0.05) is 29.3 Å². The molecule has 0 bridgehead atoms. The van der Waals surface area contributed by atoms with Crippen molar-refractivity contribution in [2.75, 3.05) is 5.75 Å². The van der Waals surface area contributed by atoms with Crippen molar-refractivity contribution in [1.82, 2.24) is 4.72 Å². The van der Waals surface area contributed by atoms with Crippen molar-refractivity contribution in [2.45, 2.75) is 23.1 Å². The highest BCUT2D eigenvalue weighted by Crippen LogP contribution is 2.37. The van der Waals surface area contributed by atoms with Crippen LogP contribution in [0.15, 0.2) is 41.3 Å². The molecule has 24 heavy (non-hydrogen) atoms. The zero-order chi connectivity index (χ0) is 17.3. The maximum atomic E-state index is 13.5. The van der Waals surface area contributed by atoms with Crippen LogP contribution in [0, 0.1) is 5.82 Å². The van der Waals surface area contributed by atoms with Crippen molar-refractivity contribution in [3.8, 4) is 0 Å². The third-order valence-corrected chi connectivity index (χ3v) is 6.89. The molecule has 1 atom stereocenters. The molecule has 0 aromatic heterocycles. The smallest absolute Gasteiger partial charge is 0.212 e. The lowest BCUT2D eigenvalue weighted by Crippen LogP contribution is -2.31. The number of hydrogen-bond donors (Lipinski definition) is 1. The van der Waals surface area contributed by atoms with Crippen LogP contribution < -0.4 is 4.72 Å². The molecule has 0 spiro atoms. The first-order valence-electron chi connectivity index (χ1n) is 7.20. The lowest BCUT2D eigenvalue weighted by molar-refractivity contribution is 0.541. The van der Waals surface area contributed by atoms with Crippen LogP contribution in [-0.2, 0) is 15.8 Å². The number of fused-ring (bicyclic) bond motifs is 1. The number of sulfonamides is 1. The average Bonchev–Trinajstić information content (AvgIpc) is 2.51. The van der Waals surface area contributed by atoms with E-state index in [0.717, 1.165) is 10.6 Å². The van der Waals surface area contributed by atoms with Gasteiger partial charge in [-0.3, -0.25) is 0 Å². The van der Waals surface area contributed by atoms with E-state index in [1.807, 2.05) is 0 Å². The molecule has 1 unspecified atom stereocenters. The highest BCUT2D eigenvalue weighted by atomic mass is 35.5. The molecule has 1 aliphatic rings. The SMILES string of the molecule is O=S(=O)(Cc1ccc(Cl)c(Cl)c1)NC1CCSc2ccc(F)cc21. The van der Waals surface area contributed by atoms with Crippen LogP contribution in [0.1, 0.15) is 23.6 Å². The summed E-state index contributed by atoms with van der Waals surface area (Å²) in [5.74, 6) is 0.196. The second-order valence-electron chi connectivity index (χ2n) is 5.50. The van der Waals surface area contributed by atoms with Gasteiger partial charge in [-0.25, -0.2) is 17.5 Å². The Morgan fingerprint density at radius 2 is 1.96 bits per heavy atom. The van der Waals surface area contributed by atoms with E-state index in [1.165, 1.54) is 18.2 Å². The summed E-state index contributed by atoms with van der Waals surface area (Å²) in [6.45, 7) is 0. The molecule has 8 heteroatoms. The Hall–Kier alpha value is -0.790. The average molecular weight is 406 g/mol. The van der Waals surface area contributed by atoms with Gasteiger partial charge >= 0.3 is 0 Å². The van der Waals surface area contributed by atoms with Crippen molar-refractivity contribution in [3.63, 3.8) is 0 Å². The van der Waals surface area contributed by atoms with E-state index in [4.69, 9.17) is 23.2 Å². The lowest BCUT2D eigenvalue weighted by atomic mass is 10.0. The van der Waals surface area contributed by atoms with Crippen LogP contribution in [0.5, 0.6) is 0 Å². The molecule has 0 amide bonds. The first-order chi connectivity index (χ1) is 11.3. The molecule has 1 heterocycles. The minimum Gasteiger partial charge on any atom is -0.212 e. The third kappa shape index (κ3) is 4.24. The highest BCUT2D eigenvalue weighted by molar-refractivity contribution is 7.99. The molecule has 128 valence electrons. The summed E-state index contributed by atoms with van der Waals surface area (Å²) in [5, 5.41) is 0.685. The van der Waals surface area contributed by atoms with Gasteiger partial charge in [-0.05, 0) is 53.6 Å². The van der Waals surface area contributed by atoms with Gasteiger partial charge < -0.3 is 0 Å². The predicted octanol–water partition coefficient (Wildman–Crippen LogP) is 4.79. The van der Waals surface area contributed by atoms with Crippen LogP contribution in [0.3, 0.4) is 0 Å².